The molecule has 0 aliphatic carbocycles. The molecule has 1 saturated heterocycles. The predicted octanol–water partition coefficient (Wildman–Crippen LogP) is 3.59. The van der Waals surface area contributed by atoms with Crippen molar-refractivity contribution in [2.45, 2.75) is 29.9 Å². The van der Waals surface area contributed by atoms with E-state index in [9.17, 15) is 5.11 Å². The molecule has 1 aliphatic rings. The van der Waals surface area contributed by atoms with Crippen molar-refractivity contribution in [3.63, 3.8) is 0 Å². The van der Waals surface area contributed by atoms with Gasteiger partial charge < -0.3 is 5.11 Å². The smallest absolute Gasteiger partial charge is 0.0710 e. The largest absolute Gasteiger partial charge is 0.392 e. The molecule has 2 rings (SSSR count). The van der Waals surface area contributed by atoms with Gasteiger partial charge in [0.15, 0.2) is 0 Å². The summed E-state index contributed by atoms with van der Waals surface area (Å²) in [6, 6.07) is 8.15. The Hall–Kier alpha value is 0.360. The summed E-state index contributed by atoms with van der Waals surface area (Å²) < 4.78 is 1.10. The van der Waals surface area contributed by atoms with Crippen molar-refractivity contribution in [1.29, 1.82) is 0 Å². The van der Waals surface area contributed by atoms with E-state index in [0.29, 0.717) is 10.5 Å². The Labute approximate surface area is 120 Å². The molecule has 17 heavy (non-hydrogen) atoms. The summed E-state index contributed by atoms with van der Waals surface area (Å²) >= 11 is 7.44. The summed E-state index contributed by atoms with van der Waals surface area (Å²) in [4.78, 5) is 0. The molecule has 1 N–H and O–H groups in total. The summed E-state index contributed by atoms with van der Waals surface area (Å²) in [6.07, 6.45) is 0.491. The maximum atomic E-state index is 10.4. The molecule has 0 amide bonds. The Morgan fingerprint density at radius 1 is 1.35 bits per heavy atom. The summed E-state index contributed by atoms with van der Waals surface area (Å²) in [6.45, 7) is 2.23. The molecule has 0 spiro atoms. The van der Waals surface area contributed by atoms with Crippen LogP contribution in [0.1, 0.15) is 12.5 Å². The molecule has 1 aromatic carbocycles. The molecule has 0 aromatic heterocycles. The van der Waals surface area contributed by atoms with Gasteiger partial charge in [0.05, 0.1) is 6.10 Å². The highest BCUT2D eigenvalue weighted by Gasteiger charge is 2.29. The van der Waals surface area contributed by atoms with Gasteiger partial charge in [0.1, 0.15) is 0 Å². The Balaban J connectivity index is 2.01. The standard InChI is InChI=1S/C13H17BrOS2/c1-9-13(17-7-6-16-9)12(15)8-10-4-2-3-5-11(10)14/h2-5,9,12-13,15H,6-8H2,1H3. The van der Waals surface area contributed by atoms with Crippen LogP contribution in [0.25, 0.3) is 0 Å². The van der Waals surface area contributed by atoms with E-state index >= 15 is 0 Å². The maximum absolute atomic E-state index is 10.4. The van der Waals surface area contributed by atoms with Crippen LogP contribution in [0.3, 0.4) is 0 Å². The average molecular weight is 333 g/mol. The molecule has 1 nitrogen and oxygen atoms in total. The molecule has 4 heteroatoms. The van der Waals surface area contributed by atoms with E-state index in [2.05, 4.69) is 28.9 Å². The lowest BCUT2D eigenvalue weighted by molar-refractivity contribution is 0.171. The number of hydrogen-bond donors (Lipinski definition) is 1. The van der Waals surface area contributed by atoms with Crippen LogP contribution in [0, 0.1) is 0 Å². The van der Waals surface area contributed by atoms with Crippen molar-refractivity contribution >= 4 is 39.5 Å². The van der Waals surface area contributed by atoms with Crippen molar-refractivity contribution in [3.05, 3.63) is 34.3 Å². The fourth-order valence-electron chi connectivity index (χ4n) is 2.08. The number of aliphatic hydroxyl groups is 1. The number of hydrogen-bond acceptors (Lipinski definition) is 3. The van der Waals surface area contributed by atoms with Gasteiger partial charge in [0.2, 0.25) is 0 Å². The van der Waals surface area contributed by atoms with Crippen molar-refractivity contribution in [2.75, 3.05) is 11.5 Å². The van der Waals surface area contributed by atoms with E-state index < -0.39 is 0 Å². The third-order valence-corrected chi connectivity index (χ3v) is 7.01. The van der Waals surface area contributed by atoms with Crippen molar-refractivity contribution in [3.8, 4) is 0 Å². The second kappa shape index (κ2) is 6.50. The zero-order chi connectivity index (χ0) is 12.3. The van der Waals surface area contributed by atoms with Crippen molar-refractivity contribution < 1.29 is 5.11 Å². The van der Waals surface area contributed by atoms with Crippen molar-refractivity contribution in [1.82, 2.24) is 0 Å². The monoisotopic (exact) mass is 332 g/mol. The van der Waals surface area contributed by atoms with Crippen molar-refractivity contribution in [2.24, 2.45) is 0 Å². The first-order valence-corrected chi connectivity index (χ1v) is 8.72. The van der Waals surface area contributed by atoms with E-state index in [-0.39, 0.29) is 6.10 Å². The number of benzene rings is 1. The Morgan fingerprint density at radius 2 is 2.06 bits per heavy atom. The summed E-state index contributed by atoms with van der Waals surface area (Å²) in [5.74, 6) is 2.37. The normalized spacial score (nSPS) is 26.8. The first kappa shape index (κ1) is 13.8. The predicted molar refractivity (Wildman–Crippen MR) is 82.0 cm³/mol. The molecule has 1 heterocycles. The van der Waals surface area contributed by atoms with Gasteiger partial charge in [-0.1, -0.05) is 41.1 Å². The quantitative estimate of drug-likeness (QED) is 0.913. The van der Waals surface area contributed by atoms with E-state index in [0.717, 1.165) is 16.6 Å². The zero-order valence-electron chi connectivity index (χ0n) is 9.80. The van der Waals surface area contributed by atoms with E-state index in [1.54, 1.807) is 0 Å². The highest BCUT2D eigenvalue weighted by Crippen LogP contribution is 2.34. The molecular weight excluding hydrogens is 316 g/mol. The van der Waals surface area contributed by atoms with E-state index in [4.69, 9.17) is 0 Å². The van der Waals surface area contributed by atoms with Crippen LogP contribution in [0.2, 0.25) is 0 Å². The Bertz CT molecular complexity index is 372. The van der Waals surface area contributed by atoms with Gasteiger partial charge in [0, 0.05) is 32.9 Å². The first-order valence-electron chi connectivity index (χ1n) is 5.83. The highest BCUT2D eigenvalue weighted by atomic mass is 79.9. The van der Waals surface area contributed by atoms with Crippen LogP contribution in [0.4, 0.5) is 0 Å². The average Bonchev–Trinajstić information content (AvgIpc) is 2.32. The van der Waals surface area contributed by atoms with Crippen LogP contribution in [-0.2, 0) is 6.42 Å². The third kappa shape index (κ3) is 3.66. The lowest BCUT2D eigenvalue weighted by atomic mass is 10.0. The molecule has 0 saturated carbocycles. The summed E-state index contributed by atoms with van der Waals surface area (Å²) in [7, 11) is 0. The minimum absolute atomic E-state index is 0.249. The van der Waals surface area contributed by atoms with Crippen LogP contribution >= 0.6 is 39.5 Å². The fraction of sp³-hybridized carbons (Fsp3) is 0.538. The van der Waals surface area contributed by atoms with Crippen LogP contribution in [0.15, 0.2) is 28.7 Å². The topological polar surface area (TPSA) is 20.2 Å². The first-order chi connectivity index (χ1) is 8.18. The molecule has 1 fully saturated rings. The highest BCUT2D eigenvalue weighted by molar-refractivity contribution is 9.10. The third-order valence-electron chi connectivity index (χ3n) is 3.00. The zero-order valence-corrected chi connectivity index (χ0v) is 13.0. The molecule has 1 aliphatic heterocycles. The Morgan fingerprint density at radius 3 is 2.76 bits per heavy atom. The molecule has 3 unspecified atom stereocenters. The summed E-state index contributed by atoms with van der Waals surface area (Å²) in [5, 5.41) is 11.3. The molecule has 0 bridgehead atoms. The molecule has 1 aromatic rings. The van der Waals surface area contributed by atoms with Gasteiger partial charge in [0.25, 0.3) is 0 Å². The lowest BCUT2D eigenvalue weighted by Gasteiger charge is -2.31. The van der Waals surface area contributed by atoms with E-state index in [1.807, 2.05) is 41.7 Å². The number of rotatable bonds is 3. The molecular formula is C13H17BrOS2. The summed E-state index contributed by atoms with van der Waals surface area (Å²) in [5.41, 5.74) is 1.20. The fourth-order valence-corrected chi connectivity index (χ4v) is 5.37. The minimum Gasteiger partial charge on any atom is -0.392 e. The lowest BCUT2D eigenvalue weighted by Crippen LogP contribution is -2.36. The number of halogens is 1. The second-order valence-corrected chi connectivity index (χ2v) is 7.90. The SMILES string of the molecule is CC1SCCSC1C(O)Cc1ccccc1Br. The maximum Gasteiger partial charge on any atom is 0.0710 e. The van der Waals surface area contributed by atoms with E-state index in [1.165, 1.54) is 11.3 Å². The number of aliphatic hydroxyl groups excluding tert-OH is 1. The molecule has 94 valence electrons. The van der Waals surface area contributed by atoms with Crippen LogP contribution < -0.4 is 0 Å². The minimum atomic E-state index is -0.249. The van der Waals surface area contributed by atoms with Crippen LogP contribution in [0.5, 0.6) is 0 Å². The van der Waals surface area contributed by atoms with Gasteiger partial charge in [-0.2, -0.15) is 23.5 Å². The van der Waals surface area contributed by atoms with Crippen LogP contribution in [-0.4, -0.2) is 33.2 Å². The van der Waals surface area contributed by atoms with Gasteiger partial charge in [-0.3, -0.25) is 0 Å². The van der Waals surface area contributed by atoms with Gasteiger partial charge in [-0.15, -0.1) is 0 Å². The Kier molecular flexibility index (Phi) is 5.27. The van der Waals surface area contributed by atoms with Gasteiger partial charge >= 0.3 is 0 Å². The molecule has 3 atom stereocenters. The van der Waals surface area contributed by atoms with Gasteiger partial charge in [-0.25, -0.2) is 0 Å². The second-order valence-electron chi connectivity index (χ2n) is 4.27. The number of thioether (sulfide) groups is 2. The molecule has 0 radical (unpaired) electrons. The van der Waals surface area contributed by atoms with Gasteiger partial charge in [-0.05, 0) is 11.6 Å².